The maximum absolute atomic E-state index is 12.6. The molecular formula is C20H26N2O3. The number of rotatable bonds is 4. The largest absolute Gasteiger partial charge is 0.481 e. The van der Waals surface area contributed by atoms with Crippen molar-refractivity contribution in [3.8, 4) is 0 Å². The van der Waals surface area contributed by atoms with Crippen molar-refractivity contribution in [1.82, 2.24) is 10.3 Å². The highest BCUT2D eigenvalue weighted by molar-refractivity contribution is 5.90. The second-order valence-electron chi connectivity index (χ2n) is 7.10. The van der Waals surface area contributed by atoms with Gasteiger partial charge in [0, 0.05) is 23.1 Å². The summed E-state index contributed by atoms with van der Waals surface area (Å²) in [6.07, 6.45) is 7.63. The highest BCUT2D eigenvalue weighted by Gasteiger charge is 2.29. The van der Waals surface area contributed by atoms with Crippen LogP contribution in [0.1, 0.15) is 49.7 Å². The highest BCUT2D eigenvalue weighted by Crippen LogP contribution is 2.24. The van der Waals surface area contributed by atoms with Crippen molar-refractivity contribution in [3.63, 3.8) is 0 Å². The van der Waals surface area contributed by atoms with E-state index in [1.54, 1.807) is 0 Å². The van der Waals surface area contributed by atoms with E-state index in [0.29, 0.717) is 6.42 Å². The van der Waals surface area contributed by atoms with Crippen LogP contribution in [0, 0.1) is 12.8 Å². The van der Waals surface area contributed by atoms with Crippen molar-refractivity contribution in [1.29, 1.82) is 0 Å². The lowest BCUT2D eigenvalue weighted by molar-refractivity contribution is -0.143. The van der Waals surface area contributed by atoms with Gasteiger partial charge >= 0.3 is 5.97 Å². The summed E-state index contributed by atoms with van der Waals surface area (Å²) in [5.74, 6) is -1.37. The van der Waals surface area contributed by atoms with Crippen molar-refractivity contribution < 1.29 is 14.7 Å². The molecule has 1 fully saturated rings. The van der Waals surface area contributed by atoms with E-state index < -0.39 is 11.9 Å². The standard InChI is InChI=1S/C20H26N2O3/c1-13-7-6-9-15-14(12-21-19(13)15)11-18(23)22-17-10-5-3-2-4-8-16(17)20(24)25/h6-7,9,12,16-17,21H,2-5,8,10-11H2,1H3,(H,22,23)(H,24,25). The lowest BCUT2D eigenvalue weighted by Crippen LogP contribution is -2.44. The number of nitrogens with one attached hydrogen (secondary N) is 2. The number of hydrogen-bond acceptors (Lipinski definition) is 2. The molecule has 1 saturated carbocycles. The molecule has 3 N–H and O–H groups in total. The van der Waals surface area contributed by atoms with Crippen LogP contribution < -0.4 is 5.32 Å². The zero-order valence-electron chi connectivity index (χ0n) is 14.7. The molecule has 1 aromatic heterocycles. The number of aryl methyl sites for hydroxylation is 1. The first-order chi connectivity index (χ1) is 12.1. The number of aliphatic carboxylic acids is 1. The summed E-state index contributed by atoms with van der Waals surface area (Å²) in [6, 6.07) is 5.77. The molecule has 1 aliphatic carbocycles. The van der Waals surface area contributed by atoms with Crippen molar-refractivity contribution >= 4 is 22.8 Å². The fourth-order valence-electron chi connectivity index (χ4n) is 3.89. The van der Waals surface area contributed by atoms with Crippen LogP contribution in [0.25, 0.3) is 10.9 Å². The Morgan fingerprint density at radius 3 is 2.72 bits per heavy atom. The number of H-pyrrole nitrogens is 1. The normalized spacial score (nSPS) is 21.5. The first kappa shape index (κ1) is 17.5. The molecule has 1 aliphatic rings. The molecule has 2 aromatic rings. The minimum Gasteiger partial charge on any atom is -0.481 e. The Labute approximate surface area is 147 Å². The molecule has 0 aliphatic heterocycles. The molecule has 0 radical (unpaired) electrons. The van der Waals surface area contributed by atoms with Crippen molar-refractivity contribution in [2.45, 2.75) is 57.9 Å². The zero-order chi connectivity index (χ0) is 17.8. The number of para-hydroxylation sites is 1. The zero-order valence-corrected chi connectivity index (χ0v) is 14.7. The van der Waals surface area contributed by atoms with Crippen LogP contribution in [0.4, 0.5) is 0 Å². The Bertz CT molecular complexity index is 765. The lowest BCUT2D eigenvalue weighted by atomic mass is 9.86. The number of carboxylic acid groups (broad SMARTS) is 1. The van der Waals surface area contributed by atoms with Gasteiger partial charge in [-0.15, -0.1) is 0 Å². The molecule has 3 rings (SSSR count). The summed E-state index contributed by atoms with van der Waals surface area (Å²) in [5, 5.41) is 13.6. The first-order valence-corrected chi connectivity index (χ1v) is 9.14. The van der Waals surface area contributed by atoms with E-state index >= 15 is 0 Å². The number of carbonyl (C=O) groups excluding carboxylic acids is 1. The highest BCUT2D eigenvalue weighted by atomic mass is 16.4. The second-order valence-corrected chi connectivity index (χ2v) is 7.10. The van der Waals surface area contributed by atoms with E-state index in [2.05, 4.69) is 10.3 Å². The van der Waals surface area contributed by atoms with Crippen LogP contribution in [0.15, 0.2) is 24.4 Å². The van der Waals surface area contributed by atoms with Gasteiger partial charge in [0.05, 0.1) is 12.3 Å². The van der Waals surface area contributed by atoms with Gasteiger partial charge < -0.3 is 15.4 Å². The maximum atomic E-state index is 12.6. The number of carboxylic acids is 1. The SMILES string of the molecule is Cc1cccc2c(CC(=O)NC3CCCCCCC3C(=O)O)c[nH]c12. The second kappa shape index (κ2) is 7.72. The summed E-state index contributed by atoms with van der Waals surface area (Å²) in [4.78, 5) is 27.4. The molecule has 0 saturated heterocycles. The van der Waals surface area contributed by atoms with Crippen LogP contribution in [0.5, 0.6) is 0 Å². The minimum atomic E-state index is -0.796. The average Bonchev–Trinajstić information content (AvgIpc) is 2.94. The number of carbonyl (C=O) groups is 2. The van der Waals surface area contributed by atoms with Gasteiger partial charge in [-0.05, 0) is 30.9 Å². The summed E-state index contributed by atoms with van der Waals surface area (Å²) in [6.45, 7) is 2.04. The van der Waals surface area contributed by atoms with Gasteiger partial charge in [0.15, 0.2) is 0 Å². The van der Waals surface area contributed by atoms with Crippen molar-refractivity contribution in [2.24, 2.45) is 5.92 Å². The Morgan fingerprint density at radius 1 is 1.20 bits per heavy atom. The minimum absolute atomic E-state index is 0.0979. The Hall–Kier alpha value is -2.30. The molecule has 0 bridgehead atoms. The summed E-state index contributed by atoms with van der Waals surface area (Å²) in [7, 11) is 0. The fourth-order valence-corrected chi connectivity index (χ4v) is 3.89. The lowest BCUT2D eigenvalue weighted by Gasteiger charge is -2.27. The number of aromatic nitrogens is 1. The van der Waals surface area contributed by atoms with Crippen molar-refractivity contribution in [3.05, 3.63) is 35.5 Å². The van der Waals surface area contributed by atoms with E-state index in [4.69, 9.17) is 0 Å². The monoisotopic (exact) mass is 342 g/mol. The number of benzene rings is 1. The molecule has 5 heteroatoms. The third-order valence-electron chi connectivity index (χ3n) is 5.29. The number of amides is 1. The number of fused-ring (bicyclic) bond motifs is 1. The molecule has 134 valence electrons. The van der Waals surface area contributed by atoms with Crippen molar-refractivity contribution in [2.75, 3.05) is 0 Å². The molecule has 5 nitrogen and oxygen atoms in total. The molecule has 1 heterocycles. The Morgan fingerprint density at radius 2 is 1.96 bits per heavy atom. The maximum Gasteiger partial charge on any atom is 0.308 e. The van der Waals surface area contributed by atoms with Crippen LogP contribution in [0.2, 0.25) is 0 Å². The quantitative estimate of drug-likeness (QED) is 0.794. The van der Waals surface area contributed by atoms with Gasteiger partial charge in [0.25, 0.3) is 0 Å². The molecule has 2 unspecified atom stereocenters. The smallest absolute Gasteiger partial charge is 0.308 e. The Balaban J connectivity index is 1.71. The van der Waals surface area contributed by atoms with Crippen LogP contribution in [-0.4, -0.2) is 28.0 Å². The van der Waals surface area contributed by atoms with E-state index in [1.165, 1.54) is 0 Å². The molecule has 1 aromatic carbocycles. The van der Waals surface area contributed by atoms with Gasteiger partial charge in [-0.1, -0.05) is 43.9 Å². The first-order valence-electron chi connectivity index (χ1n) is 9.14. The van der Waals surface area contributed by atoms with Gasteiger partial charge in [-0.3, -0.25) is 9.59 Å². The third kappa shape index (κ3) is 4.03. The van der Waals surface area contributed by atoms with E-state index in [1.807, 2.05) is 31.3 Å². The third-order valence-corrected chi connectivity index (χ3v) is 5.29. The molecule has 2 atom stereocenters. The number of aromatic amines is 1. The predicted molar refractivity (Wildman–Crippen MR) is 97.5 cm³/mol. The topological polar surface area (TPSA) is 82.2 Å². The predicted octanol–water partition coefficient (Wildman–Crippen LogP) is 3.56. The number of hydrogen-bond donors (Lipinski definition) is 3. The molecule has 25 heavy (non-hydrogen) atoms. The summed E-state index contributed by atoms with van der Waals surface area (Å²) >= 11 is 0. The fraction of sp³-hybridized carbons (Fsp3) is 0.500. The molecule has 0 spiro atoms. The van der Waals surface area contributed by atoms with Crippen LogP contribution >= 0.6 is 0 Å². The van der Waals surface area contributed by atoms with Crippen LogP contribution in [-0.2, 0) is 16.0 Å². The van der Waals surface area contributed by atoms with E-state index in [0.717, 1.165) is 54.1 Å². The van der Waals surface area contributed by atoms with Crippen LogP contribution in [0.3, 0.4) is 0 Å². The Kier molecular flexibility index (Phi) is 5.41. The molecular weight excluding hydrogens is 316 g/mol. The van der Waals surface area contributed by atoms with Gasteiger partial charge in [0.1, 0.15) is 0 Å². The van der Waals surface area contributed by atoms with Gasteiger partial charge in [-0.25, -0.2) is 0 Å². The molecule has 1 amide bonds. The van der Waals surface area contributed by atoms with E-state index in [-0.39, 0.29) is 18.4 Å². The van der Waals surface area contributed by atoms with Gasteiger partial charge in [0.2, 0.25) is 5.91 Å². The summed E-state index contributed by atoms with van der Waals surface area (Å²) < 4.78 is 0. The van der Waals surface area contributed by atoms with E-state index in [9.17, 15) is 14.7 Å². The average molecular weight is 342 g/mol. The summed E-state index contributed by atoms with van der Waals surface area (Å²) in [5.41, 5.74) is 3.16. The van der Waals surface area contributed by atoms with Gasteiger partial charge in [-0.2, -0.15) is 0 Å².